The van der Waals surface area contributed by atoms with Gasteiger partial charge in [0.1, 0.15) is 5.69 Å². The summed E-state index contributed by atoms with van der Waals surface area (Å²) in [5, 5.41) is 5.61. The number of nitrogens with zero attached hydrogens (tertiary/aromatic N) is 1. The van der Waals surface area contributed by atoms with Crippen molar-refractivity contribution in [3.63, 3.8) is 0 Å². The number of hydrogen-bond donors (Lipinski definition) is 2. The third-order valence-corrected chi connectivity index (χ3v) is 4.35. The molecule has 126 valence electrons. The average molecular weight is 390 g/mol. The van der Waals surface area contributed by atoms with E-state index in [1.807, 2.05) is 25.1 Å². The van der Waals surface area contributed by atoms with Gasteiger partial charge >= 0.3 is 0 Å². The lowest BCUT2D eigenvalue weighted by Gasteiger charge is -2.08. The maximum absolute atomic E-state index is 12.3. The molecule has 0 atom stereocenters. The van der Waals surface area contributed by atoms with E-state index in [-0.39, 0.29) is 17.5 Å². The number of aromatic nitrogens is 1. The lowest BCUT2D eigenvalue weighted by atomic mass is 10.2. The second-order valence-corrected chi connectivity index (χ2v) is 6.31. The highest BCUT2D eigenvalue weighted by Crippen LogP contribution is 2.21. The normalized spacial score (nSPS) is 10.3. The van der Waals surface area contributed by atoms with E-state index >= 15 is 0 Å². The highest BCUT2D eigenvalue weighted by atomic mass is 79.9. The molecule has 0 aliphatic rings. The first kappa shape index (κ1) is 18.1. The Labute approximate surface area is 150 Å². The number of rotatable bonds is 6. The maximum atomic E-state index is 12.3. The third kappa shape index (κ3) is 4.89. The van der Waals surface area contributed by atoms with Gasteiger partial charge in [0.2, 0.25) is 0 Å². The largest absolute Gasteiger partial charge is 0.352 e. The summed E-state index contributed by atoms with van der Waals surface area (Å²) in [5.74, 6) is -0.549. The van der Waals surface area contributed by atoms with Crippen LogP contribution in [0.4, 0.5) is 5.69 Å². The first-order chi connectivity index (χ1) is 11.5. The molecular formula is C18H20BrN3O2. The van der Waals surface area contributed by atoms with Crippen LogP contribution in [-0.4, -0.2) is 23.3 Å². The third-order valence-electron chi connectivity index (χ3n) is 3.50. The summed E-state index contributed by atoms with van der Waals surface area (Å²) < 4.78 is 0.914. The smallest absolute Gasteiger partial charge is 0.274 e. The van der Waals surface area contributed by atoms with Crippen LogP contribution in [-0.2, 0) is 0 Å². The Morgan fingerprint density at radius 1 is 1.17 bits per heavy atom. The van der Waals surface area contributed by atoms with Crippen LogP contribution in [0.25, 0.3) is 0 Å². The first-order valence-corrected chi connectivity index (χ1v) is 8.62. The number of amides is 2. The van der Waals surface area contributed by atoms with Crippen molar-refractivity contribution in [2.24, 2.45) is 0 Å². The lowest BCUT2D eigenvalue weighted by Crippen LogP contribution is -2.25. The zero-order valence-electron chi connectivity index (χ0n) is 13.7. The summed E-state index contributed by atoms with van der Waals surface area (Å²) in [6.07, 6.45) is 3.40. The van der Waals surface area contributed by atoms with Crippen LogP contribution in [0.2, 0.25) is 0 Å². The molecule has 0 saturated carbocycles. The van der Waals surface area contributed by atoms with Crippen LogP contribution < -0.4 is 10.6 Å². The first-order valence-electron chi connectivity index (χ1n) is 7.83. The Balaban J connectivity index is 2.08. The van der Waals surface area contributed by atoms with E-state index in [0.29, 0.717) is 17.8 Å². The number of carbonyl (C=O) groups is 2. The molecule has 0 fully saturated rings. The SMILES string of the molecule is CCCCNC(=O)c1ccnc(C(=O)Nc2ccc(C)c(Br)c2)c1. The van der Waals surface area contributed by atoms with Gasteiger partial charge in [0, 0.05) is 28.5 Å². The van der Waals surface area contributed by atoms with Gasteiger partial charge < -0.3 is 10.6 Å². The zero-order chi connectivity index (χ0) is 17.5. The summed E-state index contributed by atoms with van der Waals surface area (Å²) in [6.45, 7) is 4.65. The van der Waals surface area contributed by atoms with Crippen LogP contribution >= 0.6 is 15.9 Å². The fourth-order valence-electron chi connectivity index (χ4n) is 2.04. The topological polar surface area (TPSA) is 71.1 Å². The summed E-state index contributed by atoms with van der Waals surface area (Å²) in [7, 11) is 0. The predicted octanol–water partition coefficient (Wildman–Crippen LogP) is 3.93. The van der Waals surface area contributed by atoms with Crippen LogP contribution in [0.5, 0.6) is 0 Å². The van der Waals surface area contributed by atoms with Gasteiger partial charge in [-0.25, -0.2) is 0 Å². The fourth-order valence-corrected chi connectivity index (χ4v) is 2.42. The molecule has 1 aromatic carbocycles. The summed E-state index contributed by atoms with van der Waals surface area (Å²) in [4.78, 5) is 28.4. The van der Waals surface area contributed by atoms with Crippen molar-refractivity contribution in [3.05, 3.63) is 57.8 Å². The van der Waals surface area contributed by atoms with Gasteiger partial charge in [-0.1, -0.05) is 35.3 Å². The molecule has 1 heterocycles. The molecule has 0 bridgehead atoms. The van der Waals surface area contributed by atoms with Gasteiger partial charge in [0.05, 0.1) is 0 Å². The second-order valence-electron chi connectivity index (χ2n) is 5.46. The Morgan fingerprint density at radius 2 is 1.96 bits per heavy atom. The molecule has 6 heteroatoms. The van der Waals surface area contributed by atoms with Gasteiger partial charge in [0.25, 0.3) is 11.8 Å². The molecule has 2 aromatic rings. The minimum atomic E-state index is -0.353. The van der Waals surface area contributed by atoms with Gasteiger partial charge in [-0.3, -0.25) is 14.6 Å². The van der Waals surface area contributed by atoms with Crippen molar-refractivity contribution in [1.29, 1.82) is 0 Å². The maximum Gasteiger partial charge on any atom is 0.274 e. The molecule has 2 amide bonds. The monoisotopic (exact) mass is 389 g/mol. The zero-order valence-corrected chi connectivity index (χ0v) is 15.3. The molecule has 24 heavy (non-hydrogen) atoms. The Bertz CT molecular complexity index is 747. The number of carbonyl (C=O) groups excluding carboxylic acids is 2. The number of halogens is 1. The van der Waals surface area contributed by atoms with Gasteiger partial charge in [-0.05, 0) is 43.2 Å². The van der Waals surface area contributed by atoms with Crippen molar-refractivity contribution in [2.75, 3.05) is 11.9 Å². The number of anilines is 1. The van der Waals surface area contributed by atoms with E-state index in [1.165, 1.54) is 12.3 Å². The molecule has 0 spiro atoms. The van der Waals surface area contributed by atoms with Crippen molar-refractivity contribution in [3.8, 4) is 0 Å². The molecule has 0 aliphatic carbocycles. The predicted molar refractivity (Wildman–Crippen MR) is 98.3 cm³/mol. The summed E-state index contributed by atoms with van der Waals surface area (Å²) in [5.41, 5.74) is 2.38. The highest BCUT2D eigenvalue weighted by Gasteiger charge is 2.12. The van der Waals surface area contributed by atoms with E-state index in [9.17, 15) is 9.59 Å². The number of nitrogens with one attached hydrogen (secondary N) is 2. The number of hydrogen-bond acceptors (Lipinski definition) is 3. The number of aryl methyl sites for hydroxylation is 1. The molecule has 0 radical (unpaired) electrons. The van der Waals surface area contributed by atoms with E-state index in [4.69, 9.17) is 0 Å². The molecule has 0 unspecified atom stereocenters. The number of benzene rings is 1. The molecular weight excluding hydrogens is 370 g/mol. The molecule has 5 nitrogen and oxygen atoms in total. The van der Waals surface area contributed by atoms with Crippen LogP contribution in [0.1, 0.15) is 46.2 Å². The molecule has 0 saturated heterocycles. The van der Waals surface area contributed by atoms with Crippen LogP contribution in [0.3, 0.4) is 0 Å². The van der Waals surface area contributed by atoms with Gasteiger partial charge in [0.15, 0.2) is 0 Å². The number of unbranched alkanes of at least 4 members (excludes halogenated alkanes) is 1. The summed E-state index contributed by atoms with van der Waals surface area (Å²) >= 11 is 3.43. The van der Waals surface area contributed by atoms with Gasteiger partial charge in [-0.15, -0.1) is 0 Å². The summed E-state index contributed by atoms with van der Waals surface area (Å²) in [6, 6.07) is 8.65. The Kier molecular flexibility index (Phi) is 6.49. The van der Waals surface area contributed by atoms with Crippen molar-refractivity contribution < 1.29 is 9.59 Å². The molecule has 1 aromatic heterocycles. The van der Waals surface area contributed by atoms with E-state index in [0.717, 1.165) is 22.9 Å². The van der Waals surface area contributed by atoms with Crippen LogP contribution in [0.15, 0.2) is 41.0 Å². The quantitative estimate of drug-likeness (QED) is 0.735. The molecule has 2 rings (SSSR count). The fraction of sp³-hybridized carbons (Fsp3) is 0.278. The Morgan fingerprint density at radius 3 is 2.67 bits per heavy atom. The highest BCUT2D eigenvalue weighted by molar-refractivity contribution is 9.10. The van der Waals surface area contributed by atoms with Crippen molar-refractivity contribution in [1.82, 2.24) is 10.3 Å². The van der Waals surface area contributed by atoms with Crippen LogP contribution in [0, 0.1) is 6.92 Å². The minimum absolute atomic E-state index is 0.196. The standard InChI is InChI=1S/C18H20BrN3O2/c1-3-4-8-21-17(23)13-7-9-20-16(10-13)18(24)22-14-6-5-12(2)15(19)11-14/h5-7,9-11H,3-4,8H2,1-2H3,(H,21,23)(H,22,24). The van der Waals surface area contributed by atoms with Crippen molar-refractivity contribution >= 4 is 33.4 Å². The minimum Gasteiger partial charge on any atom is -0.352 e. The van der Waals surface area contributed by atoms with E-state index < -0.39 is 0 Å². The number of pyridine rings is 1. The Hall–Kier alpha value is -2.21. The molecule has 2 N–H and O–H groups in total. The average Bonchev–Trinajstić information content (AvgIpc) is 2.58. The van der Waals surface area contributed by atoms with Crippen molar-refractivity contribution in [2.45, 2.75) is 26.7 Å². The van der Waals surface area contributed by atoms with Gasteiger partial charge in [-0.2, -0.15) is 0 Å². The molecule has 0 aliphatic heterocycles. The van der Waals surface area contributed by atoms with E-state index in [1.54, 1.807) is 6.07 Å². The van der Waals surface area contributed by atoms with E-state index in [2.05, 4.69) is 38.5 Å². The second kappa shape index (κ2) is 8.59. The lowest BCUT2D eigenvalue weighted by molar-refractivity contribution is 0.0953.